The standard InChI is InChI=1S/C31H21NO.C16H16.C13H12/c1-20-8-7-13-30-31(20)26-19-22(15-17-29(26)33-30)21-14-16-28-25(18-21)24-11-5-6-12-27(24)32(28)23-9-3-2-4-10-23;1-11-7-6-10-14-15(11)12-8-4-5-9-13(12)16(14,2)3;1-11-6-5-9-13(10-11)12-7-3-2-4-8-12/h2-19H,1H3;4-10H,1-3H3;2-10H,1H3. The van der Waals surface area contributed by atoms with Gasteiger partial charge in [0.05, 0.1) is 11.0 Å². The maximum atomic E-state index is 6.10. The average Bonchev–Trinajstić information content (AvgIpc) is 3.93. The summed E-state index contributed by atoms with van der Waals surface area (Å²) in [6, 6.07) is 73.3. The molecule has 2 heteroatoms. The smallest absolute Gasteiger partial charge is 0.135 e. The van der Waals surface area contributed by atoms with Crippen molar-refractivity contribution >= 4 is 43.7 Å². The van der Waals surface area contributed by atoms with Crippen LogP contribution in [-0.2, 0) is 5.41 Å². The first-order valence-corrected chi connectivity index (χ1v) is 21.6. The number of furan rings is 1. The molecule has 0 spiro atoms. The van der Waals surface area contributed by atoms with E-state index in [1.54, 1.807) is 0 Å². The third-order valence-corrected chi connectivity index (χ3v) is 12.7. The van der Waals surface area contributed by atoms with Crippen molar-refractivity contribution in [3.05, 3.63) is 234 Å². The fourth-order valence-electron chi connectivity index (χ4n) is 9.58. The van der Waals surface area contributed by atoms with Gasteiger partial charge in [0.15, 0.2) is 0 Å². The minimum absolute atomic E-state index is 0.151. The number of para-hydroxylation sites is 2. The summed E-state index contributed by atoms with van der Waals surface area (Å²) >= 11 is 0. The Kier molecular flexibility index (Phi) is 9.93. The molecule has 0 N–H and O–H groups in total. The van der Waals surface area contributed by atoms with E-state index in [0.29, 0.717) is 0 Å². The molecule has 2 aromatic heterocycles. The quantitative estimate of drug-likeness (QED) is 0.174. The highest BCUT2D eigenvalue weighted by molar-refractivity contribution is 6.11. The Balaban J connectivity index is 0.000000131. The molecule has 9 aromatic carbocycles. The largest absolute Gasteiger partial charge is 0.456 e. The van der Waals surface area contributed by atoms with Crippen molar-refractivity contribution in [2.75, 3.05) is 0 Å². The van der Waals surface area contributed by atoms with Crippen LogP contribution in [0.1, 0.15) is 41.7 Å². The molecule has 62 heavy (non-hydrogen) atoms. The van der Waals surface area contributed by atoms with Gasteiger partial charge in [0.1, 0.15) is 11.2 Å². The highest BCUT2D eigenvalue weighted by Gasteiger charge is 2.35. The summed E-state index contributed by atoms with van der Waals surface area (Å²) in [6.07, 6.45) is 0. The summed E-state index contributed by atoms with van der Waals surface area (Å²) in [5.74, 6) is 0. The Morgan fingerprint density at radius 1 is 0.403 bits per heavy atom. The number of hydrogen-bond acceptors (Lipinski definition) is 1. The maximum absolute atomic E-state index is 6.10. The van der Waals surface area contributed by atoms with Gasteiger partial charge in [-0.15, -0.1) is 0 Å². The molecule has 0 bridgehead atoms. The molecule has 0 aliphatic heterocycles. The number of fused-ring (bicyclic) bond motifs is 9. The van der Waals surface area contributed by atoms with Crippen molar-refractivity contribution < 1.29 is 4.42 Å². The Morgan fingerprint density at radius 3 is 1.81 bits per heavy atom. The van der Waals surface area contributed by atoms with Crippen molar-refractivity contribution in [1.29, 1.82) is 0 Å². The fraction of sp³-hybridized carbons (Fsp3) is 0.100. The predicted molar refractivity (Wildman–Crippen MR) is 264 cm³/mol. The van der Waals surface area contributed by atoms with Crippen LogP contribution < -0.4 is 0 Å². The van der Waals surface area contributed by atoms with E-state index in [4.69, 9.17) is 4.42 Å². The lowest BCUT2D eigenvalue weighted by Gasteiger charge is -2.21. The Bertz CT molecular complexity index is 3400. The number of aromatic nitrogens is 1. The molecule has 0 fully saturated rings. The van der Waals surface area contributed by atoms with Gasteiger partial charge in [0.25, 0.3) is 0 Å². The van der Waals surface area contributed by atoms with Crippen molar-refractivity contribution in [3.63, 3.8) is 0 Å². The van der Waals surface area contributed by atoms with Gasteiger partial charge in [-0.2, -0.15) is 0 Å². The summed E-state index contributed by atoms with van der Waals surface area (Å²) in [4.78, 5) is 0. The third kappa shape index (κ3) is 6.88. The topological polar surface area (TPSA) is 18.1 Å². The highest BCUT2D eigenvalue weighted by atomic mass is 16.3. The summed E-state index contributed by atoms with van der Waals surface area (Å²) in [5.41, 5.74) is 20.4. The molecule has 2 heterocycles. The lowest BCUT2D eigenvalue weighted by Crippen LogP contribution is -2.14. The van der Waals surface area contributed by atoms with Crippen LogP contribution in [-0.4, -0.2) is 4.57 Å². The molecule has 1 aliphatic rings. The molecular formula is C60H49NO. The Labute approximate surface area is 364 Å². The second-order valence-electron chi connectivity index (χ2n) is 17.1. The SMILES string of the molecule is Cc1cccc(-c2ccccc2)c1.Cc1cccc2c1-c1ccccc1C2(C)C.Cc1cccc2oc3ccc(-c4ccc5c(c4)c4ccccc4n5-c4ccccc4)cc3c12. The molecule has 300 valence electrons. The van der Waals surface area contributed by atoms with Gasteiger partial charge in [-0.25, -0.2) is 0 Å². The van der Waals surface area contributed by atoms with E-state index in [1.807, 2.05) is 12.1 Å². The number of hydrogen-bond donors (Lipinski definition) is 0. The zero-order valence-corrected chi connectivity index (χ0v) is 36.0. The number of aryl methyl sites for hydroxylation is 3. The Morgan fingerprint density at radius 2 is 1.00 bits per heavy atom. The summed E-state index contributed by atoms with van der Waals surface area (Å²) in [6.45, 7) is 11.1. The molecule has 0 saturated heterocycles. The fourth-order valence-corrected chi connectivity index (χ4v) is 9.58. The monoisotopic (exact) mass is 799 g/mol. The lowest BCUT2D eigenvalue weighted by molar-refractivity contribution is 0.660. The normalized spacial score (nSPS) is 12.4. The first-order chi connectivity index (χ1) is 30.3. The summed E-state index contributed by atoms with van der Waals surface area (Å²) in [5, 5.41) is 4.91. The van der Waals surface area contributed by atoms with E-state index in [-0.39, 0.29) is 5.41 Å². The van der Waals surface area contributed by atoms with Crippen LogP contribution in [0.4, 0.5) is 0 Å². The molecular weight excluding hydrogens is 751 g/mol. The molecule has 0 radical (unpaired) electrons. The van der Waals surface area contributed by atoms with Gasteiger partial charge >= 0.3 is 0 Å². The second-order valence-corrected chi connectivity index (χ2v) is 17.1. The maximum Gasteiger partial charge on any atom is 0.135 e. The van der Waals surface area contributed by atoms with Crippen LogP contribution >= 0.6 is 0 Å². The second kappa shape index (κ2) is 15.9. The minimum atomic E-state index is 0.151. The Hall–Kier alpha value is -7.42. The molecule has 2 nitrogen and oxygen atoms in total. The molecule has 0 unspecified atom stereocenters. The van der Waals surface area contributed by atoms with Gasteiger partial charge in [0.2, 0.25) is 0 Å². The minimum Gasteiger partial charge on any atom is -0.456 e. The van der Waals surface area contributed by atoms with Crippen LogP contribution in [0.15, 0.2) is 211 Å². The lowest BCUT2D eigenvalue weighted by atomic mass is 9.82. The first kappa shape index (κ1) is 38.8. The van der Waals surface area contributed by atoms with Crippen LogP contribution in [0.5, 0.6) is 0 Å². The summed E-state index contributed by atoms with van der Waals surface area (Å²) < 4.78 is 8.45. The highest BCUT2D eigenvalue weighted by Crippen LogP contribution is 2.49. The van der Waals surface area contributed by atoms with Crippen molar-refractivity contribution in [2.24, 2.45) is 0 Å². The van der Waals surface area contributed by atoms with E-state index in [2.05, 4.69) is 233 Å². The number of nitrogens with zero attached hydrogens (tertiary/aromatic N) is 1. The first-order valence-electron chi connectivity index (χ1n) is 21.6. The molecule has 1 aliphatic carbocycles. The van der Waals surface area contributed by atoms with Crippen LogP contribution in [0, 0.1) is 20.8 Å². The molecule has 12 rings (SSSR count). The number of rotatable bonds is 3. The average molecular weight is 800 g/mol. The molecule has 0 saturated carbocycles. The van der Waals surface area contributed by atoms with Crippen LogP contribution in [0.3, 0.4) is 0 Å². The number of benzene rings is 9. The van der Waals surface area contributed by atoms with E-state index in [0.717, 1.165) is 11.2 Å². The summed E-state index contributed by atoms with van der Waals surface area (Å²) in [7, 11) is 0. The van der Waals surface area contributed by atoms with Gasteiger partial charge < -0.3 is 8.98 Å². The van der Waals surface area contributed by atoms with Gasteiger partial charge in [-0.3, -0.25) is 0 Å². The van der Waals surface area contributed by atoms with E-state index in [1.165, 1.54) is 99.5 Å². The molecule has 0 amide bonds. The zero-order valence-electron chi connectivity index (χ0n) is 36.0. The van der Waals surface area contributed by atoms with Crippen LogP contribution in [0.25, 0.3) is 82.8 Å². The van der Waals surface area contributed by atoms with Crippen molar-refractivity contribution in [3.8, 4) is 39.1 Å². The van der Waals surface area contributed by atoms with Crippen molar-refractivity contribution in [1.82, 2.24) is 4.57 Å². The van der Waals surface area contributed by atoms with E-state index in [9.17, 15) is 0 Å². The van der Waals surface area contributed by atoms with Gasteiger partial charge in [-0.1, -0.05) is 177 Å². The van der Waals surface area contributed by atoms with Gasteiger partial charge in [-0.05, 0) is 125 Å². The molecule has 11 aromatic rings. The third-order valence-electron chi connectivity index (χ3n) is 12.7. The van der Waals surface area contributed by atoms with E-state index < -0.39 is 0 Å². The predicted octanol–water partition coefficient (Wildman–Crippen LogP) is 16.6. The zero-order chi connectivity index (χ0) is 42.4. The van der Waals surface area contributed by atoms with Gasteiger partial charge in [0, 0.05) is 32.6 Å². The van der Waals surface area contributed by atoms with E-state index >= 15 is 0 Å². The van der Waals surface area contributed by atoms with Crippen LogP contribution in [0.2, 0.25) is 0 Å². The van der Waals surface area contributed by atoms with Crippen molar-refractivity contribution in [2.45, 2.75) is 40.0 Å². The molecule has 0 atom stereocenters.